The van der Waals surface area contributed by atoms with E-state index in [4.69, 9.17) is 5.11 Å². The van der Waals surface area contributed by atoms with E-state index in [1.165, 1.54) is 17.4 Å². The Bertz CT molecular complexity index is 661. The molecular weight excluding hydrogens is 331 g/mol. The lowest BCUT2D eigenvalue weighted by Gasteiger charge is -2.05. The zero-order valence-corrected chi connectivity index (χ0v) is 12.4. The van der Waals surface area contributed by atoms with Crippen LogP contribution in [0.15, 0.2) is 34.8 Å². The molecule has 0 radical (unpaired) electrons. The molecule has 0 fully saturated rings. The second kappa shape index (κ2) is 5.67. The monoisotopic (exact) mass is 340 g/mol. The maximum absolute atomic E-state index is 13.4. The van der Waals surface area contributed by atoms with E-state index < -0.39 is 5.97 Å². The summed E-state index contributed by atoms with van der Waals surface area (Å²) in [5.41, 5.74) is 1.78. The Hall–Kier alpha value is -1.46. The molecule has 0 atom stereocenters. The second-order valence-electron chi connectivity index (χ2n) is 3.95. The molecule has 0 aliphatic heterocycles. The van der Waals surface area contributed by atoms with Crippen molar-refractivity contribution in [1.82, 2.24) is 0 Å². The lowest BCUT2D eigenvalue weighted by atomic mass is 10.1. The van der Waals surface area contributed by atoms with Crippen LogP contribution in [0.5, 0.6) is 0 Å². The van der Waals surface area contributed by atoms with Crippen LogP contribution in [-0.2, 0) is 4.79 Å². The summed E-state index contributed by atoms with van der Waals surface area (Å²) in [6.07, 6.45) is 2.65. The van der Waals surface area contributed by atoms with Crippen LogP contribution >= 0.6 is 27.3 Å². The first-order chi connectivity index (χ1) is 8.97. The minimum Gasteiger partial charge on any atom is -0.478 e. The average Bonchev–Trinajstić information content (AvgIpc) is 2.80. The van der Waals surface area contributed by atoms with Gasteiger partial charge in [0.2, 0.25) is 0 Å². The molecule has 0 bridgehead atoms. The maximum atomic E-state index is 13.4. The van der Waals surface area contributed by atoms with E-state index in [0.29, 0.717) is 4.47 Å². The number of aliphatic carboxylic acids is 1. The Kier molecular flexibility index (Phi) is 4.17. The molecule has 0 saturated carbocycles. The van der Waals surface area contributed by atoms with E-state index in [9.17, 15) is 9.18 Å². The van der Waals surface area contributed by atoms with Crippen molar-refractivity contribution in [2.24, 2.45) is 0 Å². The van der Waals surface area contributed by atoms with E-state index in [2.05, 4.69) is 15.9 Å². The lowest BCUT2D eigenvalue weighted by molar-refractivity contribution is -0.131. The van der Waals surface area contributed by atoms with Gasteiger partial charge in [0.15, 0.2) is 0 Å². The van der Waals surface area contributed by atoms with Crippen LogP contribution in [0.1, 0.15) is 10.4 Å². The molecule has 0 unspecified atom stereocenters. The highest BCUT2D eigenvalue weighted by Gasteiger charge is 2.09. The summed E-state index contributed by atoms with van der Waals surface area (Å²) in [4.78, 5) is 12.3. The van der Waals surface area contributed by atoms with Crippen molar-refractivity contribution in [3.8, 4) is 10.4 Å². The summed E-state index contributed by atoms with van der Waals surface area (Å²) >= 11 is 4.64. The van der Waals surface area contributed by atoms with Crippen molar-refractivity contribution < 1.29 is 14.3 Å². The highest BCUT2D eigenvalue weighted by atomic mass is 79.9. The Balaban J connectivity index is 2.38. The highest BCUT2D eigenvalue weighted by Crippen LogP contribution is 2.34. The van der Waals surface area contributed by atoms with Crippen LogP contribution in [0.2, 0.25) is 0 Å². The molecule has 0 aliphatic carbocycles. The lowest BCUT2D eigenvalue weighted by Crippen LogP contribution is -1.85. The zero-order valence-electron chi connectivity index (χ0n) is 9.98. The Morgan fingerprint density at radius 2 is 2.16 bits per heavy atom. The van der Waals surface area contributed by atoms with E-state index in [1.807, 2.05) is 19.1 Å². The van der Waals surface area contributed by atoms with Crippen LogP contribution in [0.4, 0.5) is 4.39 Å². The second-order valence-corrected chi connectivity index (χ2v) is 5.92. The van der Waals surface area contributed by atoms with E-state index >= 15 is 0 Å². The van der Waals surface area contributed by atoms with Gasteiger partial charge in [0, 0.05) is 15.8 Å². The summed E-state index contributed by atoms with van der Waals surface area (Å²) in [6.45, 7) is 1.84. The fourth-order valence-electron chi connectivity index (χ4n) is 1.65. The topological polar surface area (TPSA) is 37.3 Å². The number of carboxylic acid groups (broad SMARTS) is 1. The molecule has 0 spiro atoms. The fraction of sp³-hybridized carbons (Fsp3) is 0.0714. The average molecular weight is 341 g/mol. The minimum absolute atomic E-state index is 0.288. The van der Waals surface area contributed by atoms with Gasteiger partial charge in [-0.1, -0.05) is 0 Å². The molecule has 2 nitrogen and oxygen atoms in total. The van der Waals surface area contributed by atoms with Gasteiger partial charge in [-0.15, -0.1) is 11.3 Å². The van der Waals surface area contributed by atoms with Gasteiger partial charge in [-0.2, -0.15) is 0 Å². The van der Waals surface area contributed by atoms with Crippen LogP contribution in [0.3, 0.4) is 0 Å². The van der Waals surface area contributed by atoms with Gasteiger partial charge in [-0.3, -0.25) is 0 Å². The van der Waals surface area contributed by atoms with Crippen molar-refractivity contribution in [3.63, 3.8) is 0 Å². The van der Waals surface area contributed by atoms with Gasteiger partial charge >= 0.3 is 5.97 Å². The zero-order chi connectivity index (χ0) is 14.0. The van der Waals surface area contributed by atoms with Gasteiger partial charge in [-0.05, 0) is 64.3 Å². The van der Waals surface area contributed by atoms with Crippen LogP contribution in [-0.4, -0.2) is 11.1 Å². The third kappa shape index (κ3) is 3.30. The number of aryl methyl sites for hydroxylation is 1. The van der Waals surface area contributed by atoms with E-state index in [0.717, 1.165) is 27.0 Å². The molecule has 1 N–H and O–H groups in total. The largest absolute Gasteiger partial charge is 0.478 e. The Labute approximate surface area is 122 Å². The van der Waals surface area contributed by atoms with Gasteiger partial charge in [0.05, 0.1) is 4.47 Å². The molecule has 5 heteroatoms. The first-order valence-electron chi connectivity index (χ1n) is 5.44. The van der Waals surface area contributed by atoms with Crippen molar-refractivity contribution in [3.05, 3.63) is 51.1 Å². The Morgan fingerprint density at radius 1 is 1.42 bits per heavy atom. The third-order valence-electron chi connectivity index (χ3n) is 2.55. The number of halogens is 2. The van der Waals surface area contributed by atoms with Crippen LogP contribution in [0.25, 0.3) is 16.5 Å². The minimum atomic E-state index is -0.976. The molecule has 1 aromatic heterocycles. The molecule has 2 rings (SSSR count). The molecule has 0 aliphatic rings. The van der Waals surface area contributed by atoms with E-state index in [-0.39, 0.29) is 5.82 Å². The fourth-order valence-corrected chi connectivity index (χ4v) is 2.99. The molecule has 19 heavy (non-hydrogen) atoms. The van der Waals surface area contributed by atoms with Gasteiger partial charge in [-0.25, -0.2) is 9.18 Å². The number of benzene rings is 1. The van der Waals surface area contributed by atoms with Crippen molar-refractivity contribution in [2.45, 2.75) is 6.92 Å². The van der Waals surface area contributed by atoms with Crippen molar-refractivity contribution in [1.29, 1.82) is 0 Å². The van der Waals surface area contributed by atoms with Gasteiger partial charge < -0.3 is 5.11 Å². The maximum Gasteiger partial charge on any atom is 0.328 e. The molecule has 1 aromatic carbocycles. The number of rotatable bonds is 3. The normalized spacial score (nSPS) is 11.1. The van der Waals surface area contributed by atoms with Crippen molar-refractivity contribution in [2.75, 3.05) is 0 Å². The summed E-state index contributed by atoms with van der Waals surface area (Å²) in [5, 5.41) is 8.58. The molecule has 98 valence electrons. The number of carbonyl (C=O) groups is 1. The molecule has 1 heterocycles. The summed E-state index contributed by atoms with van der Waals surface area (Å²) in [6, 6.07) is 6.96. The van der Waals surface area contributed by atoms with Gasteiger partial charge in [0.25, 0.3) is 0 Å². The molecule has 2 aromatic rings. The quantitative estimate of drug-likeness (QED) is 0.820. The highest BCUT2D eigenvalue weighted by molar-refractivity contribution is 9.10. The van der Waals surface area contributed by atoms with E-state index in [1.54, 1.807) is 12.1 Å². The molecule has 0 amide bonds. The third-order valence-corrected chi connectivity index (χ3v) is 4.24. The summed E-state index contributed by atoms with van der Waals surface area (Å²) in [5.74, 6) is -1.26. The molecular formula is C14H10BrFO2S. The summed E-state index contributed by atoms with van der Waals surface area (Å²) < 4.78 is 13.8. The number of thiophene rings is 1. The van der Waals surface area contributed by atoms with Gasteiger partial charge in [0.1, 0.15) is 5.82 Å². The Morgan fingerprint density at radius 3 is 2.84 bits per heavy atom. The predicted molar refractivity (Wildman–Crippen MR) is 78.8 cm³/mol. The first-order valence-corrected chi connectivity index (χ1v) is 7.05. The SMILES string of the molecule is Cc1cc(F)c(Br)cc1-c1ccc(/C=C/C(=O)O)s1. The summed E-state index contributed by atoms with van der Waals surface area (Å²) in [7, 11) is 0. The smallest absolute Gasteiger partial charge is 0.328 e. The number of hydrogen-bond acceptors (Lipinski definition) is 2. The van der Waals surface area contributed by atoms with Crippen LogP contribution < -0.4 is 0 Å². The van der Waals surface area contributed by atoms with Crippen LogP contribution in [0, 0.1) is 12.7 Å². The molecule has 0 saturated heterocycles. The predicted octanol–water partition coefficient (Wildman–Crippen LogP) is 4.72. The number of carboxylic acids is 1. The number of hydrogen-bond donors (Lipinski definition) is 1. The standard InChI is InChI=1S/C14H10BrFO2S/c1-8-6-12(16)11(15)7-10(8)13-4-2-9(19-13)3-5-14(17)18/h2-7H,1H3,(H,17,18)/b5-3+. The first kappa shape index (κ1) is 14.0. The van der Waals surface area contributed by atoms with Crippen molar-refractivity contribution >= 4 is 39.3 Å².